The monoisotopic (exact) mass is 442 g/mol. The Balaban J connectivity index is 2.38. The van der Waals surface area contributed by atoms with Crippen LogP contribution < -0.4 is 0 Å². The van der Waals surface area contributed by atoms with Crippen molar-refractivity contribution in [1.29, 1.82) is 0 Å². The van der Waals surface area contributed by atoms with Crippen LogP contribution in [0.5, 0.6) is 0 Å². The maximum Gasteiger partial charge on any atom is 0.212 e. The van der Waals surface area contributed by atoms with Crippen molar-refractivity contribution in [2.24, 2.45) is 0 Å². The van der Waals surface area contributed by atoms with E-state index in [0.29, 0.717) is 0 Å². The van der Waals surface area contributed by atoms with Gasteiger partial charge < -0.3 is 0 Å². The molecule has 2 aromatic heterocycles. The zero-order valence-electron chi connectivity index (χ0n) is 8.01. The SMILES string of the molecule is Cc1sc(C(=O)c2cc(Br)c(Br)s2)cc1Br. The molecule has 0 aliphatic heterocycles. The van der Waals surface area contributed by atoms with Crippen LogP contribution in [0.1, 0.15) is 19.4 Å². The Bertz CT molecular complexity index is 469. The summed E-state index contributed by atoms with van der Waals surface area (Å²) in [5, 5.41) is 0. The minimum Gasteiger partial charge on any atom is -0.287 e. The number of rotatable bonds is 2. The van der Waals surface area contributed by atoms with Crippen molar-refractivity contribution in [2.75, 3.05) is 0 Å². The minimum atomic E-state index is 0.0789. The number of hydrogen-bond donors (Lipinski definition) is 0. The molecule has 0 saturated heterocycles. The van der Waals surface area contributed by atoms with Crippen molar-refractivity contribution >= 4 is 76.2 Å². The van der Waals surface area contributed by atoms with Crippen molar-refractivity contribution in [3.63, 3.8) is 0 Å². The van der Waals surface area contributed by atoms with Crippen LogP contribution in [0.3, 0.4) is 0 Å². The van der Waals surface area contributed by atoms with Gasteiger partial charge in [0.1, 0.15) is 0 Å². The average molecular weight is 445 g/mol. The molecule has 84 valence electrons. The molecular weight excluding hydrogens is 440 g/mol. The minimum absolute atomic E-state index is 0.0789. The molecule has 0 spiro atoms. The Hall–Kier alpha value is 0.510. The van der Waals surface area contributed by atoms with E-state index >= 15 is 0 Å². The molecule has 0 saturated carbocycles. The van der Waals surface area contributed by atoms with Crippen LogP contribution in [0.15, 0.2) is 24.9 Å². The summed E-state index contributed by atoms with van der Waals surface area (Å²) in [6, 6.07) is 3.73. The fraction of sp³-hybridized carbons (Fsp3) is 0.100. The lowest BCUT2D eigenvalue weighted by molar-refractivity contribution is 0.104. The first-order valence-electron chi connectivity index (χ1n) is 4.24. The van der Waals surface area contributed by atoms with E-state index in [0.717, 1.165) is 27.4 Å². The van der Waals surface area contributed by atoms with Gasteiger partial charge in [-0.3, -0.25) is 4.79 Å². The summed E-state index contributed by atoms with van der Waals surface area (Å²) in [6.07, 6.45) is 0. The van der Waals surface area contributed by atoms with Crippen molar-refractivity contribution in [2.45, 2.75) is 6.92 Å². The third-order valence-electron chi connectivity index (χ3n) is 1.95. The number of thiophene rings is 2. The summed E-state index contributed by atoms with van der Waals surface area (Å²) < 4.78 is 2.87. The van der Waals surface area contributed by atoms with Gasteiger partial charge in [0.05, 0.1) is 13.5 Å². The molecule has 0 N–H and O–H groups in total. The molecule has 2 rings (SSSR count). The van der Waals surface area contributed by atoms with E-state index in [4.69, 9.17) is 0 Å². The molecule has 0 aromatic carbocycles. The van der Waals surface area contributed by atoms with Crippen LogP contribution in [0.25, 0.3) is 0 Å². The second kappa shape index (κ2) is 5.02. The molecule has 0 aliphatic carbocycles. The van der Waals surface area contributed by atoms with Gasteiger partial charge >= 0.3 is 0 Å². The highest BCUT2D eigenvalue weighted by atomic mass is 79.9. The van der Waals surface area contributed by atoms with E-state index in [2.05, 4.69) is 47.8 Å². The molecule has 0 atom stereocenters. The summed E-state index contributed by atoms with van der Waals surface area (Å²) >= 11 is 13.1. The van der Waals surface area contributed by atoms with E-state index < -0.39 is 0 Å². The zero-order chi connectivity index (χ0) is 11.9. The molecule has 0 amide bonds. The normalized spacial score (nSPS) is 10.8. The van der Waals surface area contributed by atoms with Crippen LogP contribution in [0.2, 0.25) is 0 Å². The van der Waals surface area contributed by atoms with Crippen LogP contribution in [-0.2, 0) is 0 Å². The van der Waals surface area contributed by atoms with Gasteiger partial charge in [-0.25, -0.2) is 0 Å². The lowest BCUT2D eigenvalue weighted by atomic mass is 10.3. The summed E-state index contributed by atoms with van der Waals surface area (Å²) in [6.45, 7) is 1.99. The molecule has 2 aromatic rings. The number of halogens is 3. The van der Waals surface area contributed by atoms with E-state index in [9.17, 15) is 4.79 Å². The highest BCUT2D eigenvalue weighted by Gasteiger charge is 2.17. The maximum atomic E-state index is 12.1. The van der Waals surface area contributed by atoms with Crippen LogP contribution in [-0.4, -0.2) is 5.78 Å². The maximum absolute atomic E-state index is 12.1. The number of aryl methyl sites for hydroxylation is 1. The summed E-state index contributed by atoms with van der Waals surface area (Å²) in [5.41, 5.74) is 0. The fourth-order valence-corrected chi connectivity index (χ4v) is 4.70. The van der Waals surface area contributed by atoms with Gasteiger partial charge in [0.25, 0.3) is 0 Å². The standard InChI is InChI=1S/C10H5Br3OS2/c1-4-5(11)2-7(15-4)9(14)8-3-6(12)10(13)16-8/h2-3H,1H3. The molecule has 0 aliphatic rings. The van der Waals surface area contributed by atoms with E-state index in [1.54, 1.807) is 0 Å². The fourth-order valence-electron chi connectivity index (χ4n) is 1.15. The van der Waals surface area contributed by atoms with E-state index in [1.807, 2.05) is 19.1 Å². The number of ketones is 1. The predicted molar refractivity (Wildman–Crippen MR) is 79.9 cm³/mol. The van der Waals surface area contributed by atoms with Crippen LogP contribution >= 0.6 is 70.5 Å². The van der Waals surface area contributed by atoms with Crippen molar-refractivity contribution in [1.82, 2.24) is 0 Å². The van der Waals surface area contributed by atoms with E-state index in [1.165, 1.54) is 22.7 Å². The highest BCUT2D eigenvalue weighted by Crippen LogP contribution is 2.35. The Kier molecular flexibility index (Phi) is 4.06. The number of carbonyl (C=O) groups is 1. The molecule has 0 fully saturated rings. The molecule has 0 unspecified atom stereocenters. The number of hydrogen-bond acceptors (Lipinski definition) is 3. The summed E-state index contributed by atoms with van der Waals surface area (Å²) in [5.74, 6) is 0.0789. The Morgan fingerprint density at radius 3 is 2.06 bits per heavy atom. The largest absolute Gasteiger partial charge is 0.287 e. The average Bonchev–Trinajstić information content (AvgIpc) is 2.72. The number of carbonyl (C=O) groups excluding carboxylic acids is 1. The van der Waals surface area contributed by atoms with Gasteiger partial charge in [0.15, 0.2) is 0 Å². The molecule has 1 nitrogen and oxygen atoms in total. The second-order valence-corrected chi connectivity index (χ2v) is 8.41. The second-order valence-electron chi connectivity index (χ2n) is 3.08. The Morgan fingerprint density at radius 2 is 1.62 bits per heavy atom. The zero-order valence-corrected chi connectivity index (χ0v) is 14.4. The van der Waals surface area contributed by atoms with Crippen molar-refractivity contribution < 1.29 is 4.79 Å². The third-order valence-corrected chi connectivity index (χ3v) is 7.34. The van der Waals surface area contributed by atoms with Crippen LogP contribution in [0.4, 0.5) is 0 Å². The molecule has 0 radical (unpaired) electrons. The smallest absolute Gasteiger partial charge is 0.212 e. The quantitative estimate of drug-likeness (QED) is 0.548. The van der Waals surface area contributed by atoms with Gasteiger partial charge in [0.2, 0.25) is 5.78 Å². The lowest BCUT2D eigenvalue weighted by Gasteiger charge is -1.90. The van der Waals surface area contributed by atoms with Gasteiger partial charge in [-0.15, -0.1) is 22.7 Å². The van der Waals surface area contributed by atoms with Crippen LogP contribution in [0, 0.1) is 6.92 Å². The molecule has 0 bridgehead atoms. The third kappa shape index (κ3) is 2.51. The first-order valence-corrected chi connectivity index (χ1v) is 8.25. The van der Waals surface area contributed by atoms with Gasteiger partial charge in [-0.05, 0) is 66.8 Å². The molecule has 6 heteroatoms. The van der Waals surface area contributed by atoms with Crippen molar-refractivity contribution in [3.05, 3.63) is 39.5 Å². The molecular formula is C10H5Br3OS2. The molecule has 16 heavy (non-hydrogen) atoms. The summed E-state index contributed by atoms with van der Waals surface area (Å²) in [4.78, 5) is 14.8. The summed E-state index contributed by atoms with van der Waals surface area (Å²) in [7, 11) is 0. The van der Waals surface area contributed by atoms with Gasteiger partial charge in [-0.2, -0.15) is 0 Å². The van der Waals surface area contributed by atoms with E-state index in [-0.39, 0.29) is 5.78 Å². The first-order chi connectivity index (χ1) is 7.49. The van der Waals surface area contributed by atoms with Gasteiger partial charge in [-0.1, -0.05) is 0 Å². The Morgan fingerprint density at radius 1 is 1.06 bits per heavy atom. The van der Waals surface area contributed by atoms with Gasteiger partial charge in [0, 0.05) is 13.8 Å². The topological polar surface area (TPSA) is 17.1 Å². The molecule has 2 heterocycles. The Labute approximate surface area is 126 Å². The first kappa shape index (κ1) is 13.0. The predicted octanol–water partition coefficient (Wildman–Crippen LogP) is 5.64. The lowest BCUT2D eigenvalue weighted by Crippen LogP contribution is -1.93. The van der Waals surface area contributed by atoms with Crippen molar-refractivity contribution in [3.8, 4) is 0 Å². The highest BCUT2D eigenvalue weighted by molar-refractivity contribution is 9.13.